The first-order valence-electron chi connectivity index (χ1n) is 7.64. The van der Waals surface area contributed by atoms with Crippen molar-refractivity contribution in [3.05, 3.63) is 27.7 Å². The maximum atomic E-state index is 12.2. The SMILES string of the molecule is Cc1c(N)cc(Br)cc1C(=O)NCCCN1CCCCC1. The number of nitrogen functional groups attached to an aromatic ring is 1. The second kappa shape index (κ2) is 7.80. The topological polar surface area (TPSA) is 58.4 Å². The molecule has 1 aliphatic rings. The number of nitrogens with zero attached hydrogens (tertiary/aromatic N) is 1. The largest absolute Gasteiger partial charge is 0.398 e. The van der Waals surface area contributed by atoms with Gasteiger partial charge in [0.1, 0.15) is 0 Å². The number of rotatable bonds is 5. The van der Waals surface area contributed by atoms with Gasteiger partial charge in [-0.3, -0.25) is 4.79 Å². The number of piperidine rings is 1. The first-order chi connectivity index (χ1) is 10.1. The van der Waals surface area contributed by atoms with Crippen molar-refractivity contribution in [3.8, 4) is 0 Å². The molecule has 0 bridgehead atoms. The Morgan fingerprint density at radius 1 is 1.33 bits per heavy atom. The highest BCUT2D eigenvalue weighted by molar-refractivity contribution is 9.10. The van der Waals surface area contributed by atoms with Gasteiger partial charge in [0, 0.05) is 22.3 Å². The van der Waals surface area contributed by atoms with E-state index in [1.54, 1.807) is 0 Å². The number of benzene rings is 1. The minimum atomic E-state index is -0.0425. The van der Waals surface area contributed by atoms with Crippen molar-refractivity contribution in [3.63, 3.8) is 0 Å². The van der Waals surface area contributed by atoms with Gasteiger partial charge in [-0.1, -0.05) is 22.4 Å². The molecule has 0 aliphatic carbocycles. The highest BCUT2D eigenvalue weighted by Crippen LogP contribution is 2.22. The zero-order chi connectivity index (χ0) is 15.2. The smallest absolute Gasteiger partial charge is 0.251 e. The van der Waals surface area contributed by atoms with Crippen molar-refractivity contribution in [2.75, 3.05) is 31.9 Å². The van der Waals surface area contributed by atoms with Gasteiger partial charge in [-0.25, -0.2) is 0 Å². The number of carbonyl (C=O) groups excluding carboxylic acids is 1. The van der Waals surface area contributed by atoms with Gasteiger partial charge in [0.25, 0.3) is 5.91 Å². The third-order valence-corrected chi connectivity index (χ3v) is 4.50. The van der Waals surface area contributed by atoms with Crippen molar-refractivity contribution in [1.82, 2.24) is 10.2 Å². The molecule has 21 heavy (non-hydrogen) atoms. The number of anilines is 1. The van der Waals surface area contributed by atoms with Gasteiger partial charge < -0.3 is 16.0 Å². The summed E-state index contributed by atoms with van der Waals surface area (Å²) in [6.07, 6.45) is 4.97. The van der Waals surface area contributed by atoms with Gasteiger partial charge in [-0.05, 0) is 63.5 Å². The molecule has 2 rings (SSSR count). The molecule has 1 aromatic rings. The summed E-state index contributed by atoms with van der Waals surface area (Å²) in [6, 6.07) is 3.65. The first kappa shape index (κ1) is 16.3. The average Bonchev–Trinajstić information content (AvgIpc) is 2.48. The van der Waals surface area contributed by atoms with Crippen LogP contribution in [0.4, 0.5) is 5.69 Å². The van der Waals surface area contributed by atoms with Crippen LogP contribution in [0.1, 0.15) is 41.6 Å². The number of amides is 1. The summed E-state index contributed by atoms with van der Waals surface area (Å²) in [5.41, 5.74) is 8.03. The Labute approximate surface area is 135 Å². The van der Waals surface area contributed by atoms with Crippen molar-refractivity contribution in [2.24, 2.45) is 0 Å². The van der Waals surface area contributed by atoms with E-state index < -0.39 is 0 Å². The Hall–Kier alpha value is -1.07. The molecule has 1 saturated heterocycles. The fourth-order valence-electron chi connectivity index (χ4n) is 2.72. The van der Waals surface area contributed by atoms with E-state index in [9.17, 15) is 4.79 Å². The van der Waals surface area contributed by atoms with E-state index >= 15 is 0 Å². The third-order valence-electron chi connectivity index (χ3n) is 4.04. The van der Waals surface area contributed by atoms with E-state index in [1.807, 2.05) is 19.1 Å². The summed E-state index contributed by atoms with van der Waals surface area (Å²) >= 11 is 3.38. The fourth-order valence-corrected chi connectivity index (χ4v) is 3.19. The molecule has 1 aromatic carbocycles. The maximum Gasteiger partial charge on any atom is 0.251 e. The monoisotopic (exact) mass is 353 g/mol. The van der Waals surface area contributed by atoms with E-state index in [1.165, 1.54) is 32.4 Å². The van der Waals surface area contributed by atoms with Crippen molar-refractivity contribution in [2.45, 2.75) is 32.6 Å². The van der Waals surface area contributed by atoms with E-state index in [4.69, 9.17) is 5.73 Å². The van der Waals surface area contributed by atoms with E-state index in [0.717, 1.165) is 23.0 Å². The molecule has 1 fully saturated rings. The predicted octanol–water partition coefficient (Wildman–Crippen LogP) is 2.95. The summed E-state index contributed by atoms with van der Waals surface area (Å²) in [4.78, 5) is 14.7. The molecule has 0 saturated carbocycles. The fraction of sp³-hybridized carbons (Fsp3) is 0.562. The van der Waals surface area contributed by atoms with Crippen molar-refractivity contribution in [1.29, 1.82) is 0 Å². The minimum absolute atomic E-state index is 0.0425. The van der Waals surface area contributed by atoms with Gasteiger partial charge in [0.05, 0.1) is 0 Å². The van der Waals surface area contributed by atoms with Crippen LogP contribution in [0.15, 0.2) is 16.6 Å². The minimum Gasteiger partial charge on any atom is -0.398 e. The van der Waals surface area contributed by atoms with Crippen LogP contribution in [-0.2, 0) is 0 Å². The van der Waals surface area contributed by atoms with E-state index in [2.05, 4.69) is 26.1 Å². The van der Waals surface area contributed by atoms with Crippen LogP contribution >= 0.6 is 15.9 Å². The number of nitrogens with two attached hydrogens (primary N) is 1. The van der Waals surface area contributed by atoms with Gasteiger partial charge in [0.15, 0.2) is 0 Å². The standard InChI is InChI=1S/C16H24BrN3O/c1-12-14(10-13(17)11-15(12)18)16(21)19-6-5-9-20-7-3-2-4-8-20/h10-11H,2-9,18H2,1H3,(H,19,21). The molecule has 1 heterocycles. The Kier molecular flexibility index (Phi) is 6.06. The third kappa shape index (κ3) is 4.71. The van der Waals surface area contributed by atoms with E-state index in [-0.39, 0.29) is 5.91 Å². The number of likely N-dealkylation sites (tertiary alicyclic amines) is 1. The molecular formula is C16H24BrN3O. The molecule has 5 heteroatoms. The zero-order valence-electron chi connectivity index (χ0n) is 12.6. The highest BCUT2D eigenvalue weighted by Gasteiger charge is 2.13. The number of hydrogen-bond acceptors (Lipinski definition) is 3. The molecule has 1 amide bonds. The van der Waals surface area contributed by atoms with Crippen LogP contribution < -0.4 is 11.1 Å². The molecule has 4 nitrogen and oxygen atoms in total. The van der Waals surface area contributed by atoms with Crippen LogP contribution in [-0.4, -0.2) is 37.0 Å². The average molecular weight is 354 g/mol. The molecule has 1 aliphatic heterocycles. The molecule has 3 N–H and O–H groups in total. The van der Waals surface area contributed by atoms with Crippen LogP contribution in [0.2, 0.25) is 0 Å². The van der Waals surface area contributed by atoms with Gasteiger partial charge in [-0.2, -0.15) is 0 Å². The number of halogens is 1. The molecular weight excluding hydrogens is 330 g/mol. The number of nitrogens with one attached hydrogen (secondary N) is 1. The first-order valence-corrected chi connectivity index (χ1v) is 8.43. The quantitative estimate of drug-likeness (QED) is 0.631. The van der Waals surface area contributed by atoms with Crippen molar-refractivity contribution < 1.29 is 4.79 Å². The van der Waals surface area contributed by atoms with Crippen LogP contribution in [0.25, 0.3) is 0 Å². The molecule has 0 unspecified atom stereocenters. The lowest BCUT2D eigenvalue weighted by Gasteiger charge is -2.26. The summed E-state index contributed by atoms with van der Waals surface area (Å²) in [7, 11) is 0. The maximum absolute atomic E-state index is 12.2. The normalized spacial score (nSPS) is 15.9. The number of hydrogen-bond donors (Lipinski definition) is 2. The van der Waals surface area contributed by atoms with E-state index in [0.29, 0.717) is 17.8 Å². The second-order valence-corrected chi connectivity index (χ2v) is 6.60. The lowest BCUT2D eigenvalue weighted by atomic mass is 10.1. The molecule has 0 spiro atoms. The lowest BCUT2D eigenvalue weighted by molar-refractivity contribution is 0.0950. The predicted molar refractivity (Wildman–Crippen MR) is 90.5 cm³/mol. The summed E-state index contributed by atoms with van der Waals surface area (Å²) in [5, 5.41) is 2.99. The summed E-state index contributed by atoms with van der Waals surface area (Å²) < 4.78 is 0.837. The molecule has 116 valence electrons. The highest BCUT2D eigenvalue weighted by atomic mass is 79.9. The van der Waals surface area contributed by atoms with Crippen LogP contribution in [0.3, 0.4) is 0 Å². The lowest BCUT2D eigenvalue weighted by Crippen LogP contribution is -2.33. The number of carbonyl (C=O) groups is 1. The van der Waals surface area contributed by atoms with Gasteiger partial charge in [0.2, 0.25) is 0 Å². The summed E-state index contributed by atoms with van der Waals surface area (Å²) in [6.45, 7) is 6.07. The Morgan fingerprint density at radius 3 is 2.76 bits per heavy atom. The second-order valence-electron chi connectivity index (χ2n) is 5.68. The van der Waals surface area contributed by atoms with Gasteiger partial charge >= 0.3 is 0 Å². The molecule has 0 atom stereocenters. The van der Waals surface area contributed by atoms with Gasteiger partial charge in [-0.15, -0.1) is 0 Å². The van der Waals surface area contributed by atoms with Crippen LogP contribution in [0.5, 0.6) is 0 Å². The molecule has 0 radical (unpaired) electrons. The Balaban J connectivity index is 1.79. The zero-order valence-corrected chi connectivity index (χ0v) is 14.2. The van der Waals surface area contributed by atoms with Crippen molar-refractivity contribution >= 4 is 27.5 Å². The molecule has 0 aromatic heterocycles. The Bertz CT molecular complexity index is 499. The summed E-state index contributed by atoms with van der Waals surface area (Å²) in [5.74, 6) is -0.0425. The Morgan fingerprint density at radius 2 is 2.05 bits per heavy atom. The van der Waals surface area contributed by atoms with Crippen LogP contribution in [0, 0.1) is 6.92 Å².